The lowest BCUT2D eigenvalue weighted by molar-refractivity contribution is -0.121. The van der Waals surface area contributed by atoms with Gasteiger partial charge >= 0.3 is 0 Å². The smallest absolute Gasteiger partial charge is 0.220 e. The first kappa shape index (κ1) is 20.5. The molecule has 0 radical (unpaired) electrons. The summed E-state index contributed by atoms with van der Waals surface area (Å²) in [5, 5.41) is 2.78. The number of carbonyl (C=O) groups excluding carboxylic acids is 1. The highest BCUT2D eigenvalue weighted by molar-refractivity contribution is 5.77. The van der Waals surface area contributed by atoms with E-state index in [1.54, 1.807) is 13.0 Å². The van der Waals surface area contributed by atoms with Crippen LogP contribution < -0.4 is 19.5 Å². The zero-order valence-electron chi connectivity index (χ0n) is 15.8. The fraction of sp³-hybridized carbons (Fsp3) is 0.350. The molecule has 2 aromatic rings. The molecule has 2 aromatic carbocycles. The van der Waals surface area contributed by atoms with Gasteiger partial charge in [0.05, 0.1) is 27.4 Å². The molecule has 7 heteroatoms. The number of methoxy groups -OCH3 is 3. The van der Waals surface area contributed by atoms with E-state index in [0.717, 1.165) is 17.7 Å². The molecule has 27 heavy (non-hydrogen) atoms. The Morgan fingerprint density at radius 1 is 1.00 bits per heavy atom. The summed E-state index contributed by atoms with van der Waals surface area (Å²) in [6.45, 7) is 1.71. The Morgan fingerprint density at radius 3 is 2.30 bits per heavy atom. The quantitative estimate of drug-likeness (QED) is 0.758. The lowest BCUT2D eigenvalue weighted by Crippen LogP contribution is -2.27. The maximum atomic E-state index is 13.3. The van der Waals surface area contributed by atoms with E-state index in [1.165, 1.54) is 27.4 Å². The van der Waals surface area contributed by atoms with Crippen LogP contribution >= 0.6 is 0 Å². The molecule has 0 aromatic heterocycles. The predicted octanol–water partition coefficient (Wildman–Crippen LogP) is 3.80. The molecule has 0 aliphatic heterocycles. The molecule has 5 nitrogen and oxygen atoms in total. The molecule has 2 rings (SSSR count). The van der Waals surface area contributed by atoms with Gasteiger partial charge in [-0.3, -0.25) is 4.79 Å². The molecule has 0 saturated heterocycles. The topological polar surface area (TPSA) is 56.8 Å². The highest BCUT2D eigenvalue weighted by Gasteiger charge is 2.17. The van der Waals surface area contributed by atoms with Crippen molar-refractivity contribution in [1.29, 1.82) is 0 Å². The highest BCUT2D eigenvalue weighted by atomic mass is 19.2. The van der Waals surface area contributed by atoms with Crippen LogP contribution in [0.3, 0.4) is 0 Å². The van der Waals surface area contributed by atoms with Gasteiger partial charge in [-0.1, -0.05) is 12.1 Å². The maximum absolute atomic E-state index is 13.3. The van der Waals surface area contributed by atoms with Crippen molar-refractivity contribution in [3.05, 3.63) is 53.1 Å². The van der Waals surface area contributed by atoms with E-state index in [0.29, 0.717) is 29.2 Å². The van der Waals surface area contributed by atoms with Crippen LogP contribution in [0.25, 0.3) is 0 Å². The normalized spacial score (nSPS) is 11.6. The van der Waals surface area contributed by atoms with Gasteiger partial charge in [-0.15, -0.1) is 0 Å². The van der Waals surface area contributed by atoms with E-state index >= 15 is 0 Å². The van der Waals surface area contributed by atoms with E-state index in [1.807, 2.05) is 6.07 Å². The van der Waals surface area contributed by atoms with E-state index in [2.05, 4.69) is 5.32 Å². The van der Waals surface area contributed by atoms with Gasteiger partial charge < -0.3 is 19.5 Å². The first-order valence-electron chi connectivity index (χ1n) is 8.43. The van der Waals surface area contributed by atoms with Crippen molar-refractivity contribution >= 4 is 5.91 Å². The van der Waals surface area contributed by atoms with Gasteiger partial charge in [0.2, 0.25) is 11.7 Å². The summed E-state index contributed by atoms with van der Waals surface area (Å²) in [5.41, 5.74) is 1.29. The van der Waals surface area contributed by atoms with Gasteiger partial charge in [0, 0.05) is 6.42 Å². The first-order valence-corrected chi connectivity index (χ1v) is 8.43. The zero-order chi connectivity index (χ0) is 20.0. The largest absolute Gasteiger partial charge is 0.493 e. The van der Waals surface area contributed by atoms with Crippen LogP contribution in [0, 0.1) is 11.6 Å². The Labute approximate surface area is 157 Å². The van der Waals surface area contributed by atoms with Gasteiger partial charge in [-0.25, -0.2) is 8.78 Å². The first-order chi connectivity index (χ1) is 12.9. The number of aryl methyl sites for hydroxylation is 1. The number of ether oxygens (including phenoxy) is 3. The van der Waals surface area contributed by atoms with Crippen LogP contribution in [0.1, 0.15) is 30.5 Å². The number of hydrogen-bond acceptors (Lipinski definition) is 4. The average molecular weight is 379 g/mol. The molecule has 0 bridgehead atoms. The van der Waals surface area contributed by atoms with Crippen LogP contribution in [-0.2, 0) is 11.2 Å². The minimum absolute atomic E-state index is 0.194. The van der Waals surface area contributed by atoms with Crippen molar-refractivity contribution in [1.82, 2.24) is 5.32 Å². The van der Waals surface area contributed by atoms with Crippen molar-refractivity contribution in [2.24, 2.45) is 0 Å². The van der Waals surface area contributed by atoms with Crippen LogP contribution in [0.15, 0.2) is 30.3 Å². The summed E-state index contributed by atoms with van der Waals surface area (Å²) in [5.74, 6) is -0.563. The summed E-state index contributed by atoms with van der Waals surface area (Å²) < 4.78 is 42.3. The molecule has 0 aliphatic carbocycles. The fourth-order valence-electron chi connectivity index (χ4n) is 2.79. The molecule has 0 unspecified atom stereocenters. The second-order valence-corrected chi connectivity index (χ2v) is 5.96. The monoisotopic (exact) mass is 379 g/mol. The van der Waals surface area contributed by atoms with Gasteiger partial charge in [-0.2, -0.15) is 0 Å². The summed E-state index contributed by atoms with van der Waals surface area (Å²) in [6.07, 6.45) is 0.611. The summed E-state index contributed by atoms with van der Waals surface area (Å²) in [4.78, 5) is 12.3. The van der Waals surface area contributed by atoms with Crippen molar-refractivity contribution < 1.29 is 27.8 Å². The Balaban J connectivity index is 2.03. The number of benzene rings is 2. The number of rotatable bonds is 8. The Kier molecular flexibility index (Phi) is 6.98. The summed E-state index contributed by atoms with van der Waals surface area (Å²) >= 11 is 0. The highest BCUT2D eigenvalue weighted by Crippen LogP contribution is 2.40. The molecule has 0 fully saturated rings. The molecule has 1 atom stereocenters. The molecular formula is C20H23F2NO4. The van der Waals surface area contributed by atoms with Crippen molar-refractivity contribution in [3.8, 4) is 17.2 Å². The lowest BCUT2D eigenvalue weighted by Gasteiger charge is -2.17. The number of nitrogens with one attached hydrogen (secondary N) is 1. The number of carbonyl (C=O) groups is 1. The van der Waals surface area contributed by atoms with Gasteiger partial charge in [0.25, 0.3) is 0 Å². The van der Waals surface area contributed by atoms with E-state index in [-0.39, 0.29) is 12.3 Å². The van der Waals surface area contributed by atoms with Gasteiger partial charge in [0.15, 0.2) is 23.1 Å². The molecule has 1 N–H and O–H groups in total. The lowest BCUT2D eigenvalue weighted by atomic mass is 10.1. The molecule has 0 aliphatic rings. The summed E-state index contributed by atoms with van der Waals surface area (Å²) in [6, 6.07) is 6.69. The molecule has 0 heterocycles. The third kappa shape index (κ3) is 4.87. The zero-order valence-corrected chi connectivity index (χ0v) is 15.8. The Bertz CT molecular complexity index is 811. The van der Waals surface area contributed by atoms with Crippen LogP contribution in [0.2, 0.25) is 0 Å². The van der Waals surface area contributed by atoms with Crippen LogP contribution in [-0.4, -0.2) is 27.2 Å². The maximum Gasteiger partial charge on any atom is 0.220 e. The molecule has 1 amide bonds. The predicted molar refractivity (Wildman–Crippen MR) is 97.3 cm³/mol. The van der Waals surface area contributed by atoms with Crippen molar-refractivity contribution in [2.45, 2.75) is 25.8 Å². The van der Waals surface area contributed by atoms with E-state index < -0.39 is 17.7 Å². The van der Waals surface area contributed by atoms with Crippen molar-refractivity contribution in [2.75, 3.05) is 21.3 Å². The standard InChI is InChI=1S/C20H23F2NO4/c1-12(14-5-8-15(21)16(22)11-14)23-18(24)10-7-13-6-9-17(25-2)20(27-4)19(13)26-3/h5-6,8-9,11-12H,7,10H2,1-4H3,(H,23,24)/t12-/m0/s1. The van der Waals surface area contributed by atoms with Crippen LogP contribution in [0.4, 0.5) is 8.78 Å². The molecular weight excluding hydrogens is 356 g/mol. The number of amides is 1. The third-order valence-electron chi connectivity index (χ3n) is 4.23. The van der Waals surface area contributed by atoms with Crippen LogP contribution in [0.5, 0.6) is 17.2 Å². The van der Waals surface area contributed by atoms with E-state index in [9.17, 15) is 13.6 Å². The fourth-order valence-corrected chi connectivity index (χ4v) is 2.79. The Morgan fingerprint density at radius 2 is 1.70 bits per heavy atom. The molecule has 0 spiro atoms. The van der Waals surface area contributed by atoms with Crippen molar-refractivity contribution in [3.63, 3.8) is 0 Å². The summed E-state index contributed by atoms with van der Waals surface area (Å²) in [7, 11) is 4.57. The molecule has 0 saturated carbocycles. The average Bonchev–Trinajstić information content (AvgIpc) is 2.67. The van der Waals surface area contributed by atoms with Gasteiger partial charge in [0.1, 0.15) is 0 Å². The minimum Gasteiger partial charge on any atom is -0.493 e. The Hall–Kier alpha value is -2.83. The number of hydrogen-bond donors (Lipinski definition) is 1. The van der Waals surface area contributed by atoms with Gasteiger partial charge in [-0.05, 0) is 42.7 Å². The third-order valence-corrected chi connectivity index (χ3v) is 4.23. The molecule has 146 valence electrons. The second kappa shape index (κ2) is 9.21. The van der Waals surface area contributed by atoms with E-state index in [4.69, 9.17) is 14.2 Å². The SMILES string of the molecule is COc1ccc(CCC(=O)N[C@@H](C)c2ccc(F)c(F)c2)c(OC)c1OC. The second-order valence-electron chi connectivity index (χ2n) is 5.96. The number of halogens is 2. The minimum atomic E-state index is -0.941.